The fraction of sp³-hybridized carbons (Fsp3) is 0.950. The zero-order valence-corrected chi connectivity index (χ0v) is 77.0. The van der Waals surface area contributed by atoms with E-state index in [1.54, 1.807) is 0 Å². The Bertz CT molecular complexity index is 3950. The van der Waals surface area contributed by atoms with Crippen molar-refractivity contribution in [3.63, 3.8) is 0 Å². The van der Waals surface area contributed by atoms with Crippen molar-refractivity contribution in [3.8, 4) is 0 Å². The summed E-state index contributed by atoms with van der Waals surface area (Å²) in [6.45, 7) is -5.69. The first kappa shape index (κ1) is 117. The number of ether oxygens (including phenoxy) is 23. The Morgan fingerprint density at radius 3 is 0.748 bits per heavy atom. The first-order chi connectivity index (χ1) is 67.6. The number of hydrogen-bond donors (Lipinski definition) is 36. The van der Waals surface area contributed by atoms with Crippen LogP contribution < -0.4 is 21.3 Å². The molecule has 12 aliphatic rings. The summed E-state index contributed by atoms with van der Waals surface area (Å²) < 4.78 is 139. The molecule has 0 saturated carbocycles. The average Bonchev–Trinajstić information content (AvgIpc) is 0.758. The summed E-state index contributed by atoms with van der Waals surface area (Å²) >= 11 is 0. The van der Waals surface area contributed by atoms with Crippen LogP contribution in [-0.2, 0) is 128 Å². The third kappa shape index (κ3) is 25.8. The zero-order valence-electron chi connectivity index (χ0n) is 77.0. The van der Waals surface area contributed by atoms with Crippen LogP contribution in [0.4, 0.5) is 0 Å². The second-order valence-electron chi connectivity index (χ2n) is 36.6. The van der Waals surface area contributed by atoms with E-state index in [1.807, 2.05) is 0 Å². The van der Waals surface area contributed by atoms with Crippen LogP contribution in [0.5, 0.6) is 0 Å². The summed E-state index contributed by atoms with van der Waals surface area (Å²) in [5, 5.41) is 369. The van der Waals surface area contributed by atoms with Gasteiger partial charge in [-0.3, -0.25) is 19.2 Å². The van der Waals surface area contributed by atoms with E-state index in [-0.39, 0.29) is 0 Å². The number of rotatable bonds is 36. The van der Waals surface area contributed by atoms with Crippen molar-refractivity contribution >= 4 is 23.6 Å². The van der Waals surface area contributed by atoms with Crippen LogP contribution in [0.15, 0.2) is 0 Å². The normalized spacial score (nSPS) is 50.7. The number of aliphatic hydroxyl groups excluding tert-OH is 32. The Balaban J connectivity index is 0.902. The number of carbonyl (C=O) groups excluding carboxylic acids is 4. The zero-order chi connectivity index (χ0) is 105. The van der Waals surface area contributed by atoms with Crippen molar-refractivity contribution in [1.29, 1.82) is 0 Å². The van der Waals surface area contributed by atoms with E-state index in [0.717, 1.165) is 27.7 Å². The van der Waals surface area contributed by atoms with Gasteiger partial charge in [0.05, 0.1) is 78.3 Å². The molecule has 12 rings (SSSR count). The predicted octanol–water partition coefficient (Wildman–Crippen LogP) is -24.5. The van der Waals surface area contributed by atoms with Crippen LogP contribution in [0.3, 0.4) is 0 Å². The van der Waals surface area contributed by atoms with Gasteiger partial charge in [0.25, 0.3) is 0 Å². The molecule has 828 valence electrons. The topological polar surface area (TPSA) is 976 Å². The van der Waals surface area contributed by atoms with E-state index in [9.17, 15) is 183 Å². The van der Waals surface area contributed by atoms with Gasteiger partial charge < -0.3 is 294 Å². The summed E-state index contributed by atoms with van der Waals surface area (Å²) in [5.74, 6) is -4.15. The lowest BCUT2D eigenvalue weighted by Crippen LogP contribution is -2.72. The summed E-state index contributed by atoms with van der Waals surface area (Å²) in [4.78, 5) is 54.0. The van der Waals surface area contributed by atoms with Crippen LogP contribution in [-0.4, -0.2) is 621 Å². The number of aliphatic hydroxyl groups is 32. The van der Waals surface area contributed by atoms with Gasteiger partial charge in [0.2, 0.25) is 23.6 Å². The van der Waals surface area contributed by atoms with Crippen LogP contribution >= 0.6 is 0 Å². The van der Waals surface area contributed by atoms with Crippen LogP contribution in [0, 0.1) is 0 Å². The van der Waals surface area contributed by atoms with Crippen LogP contribution in [0.1, 0.15) is 41.5 Å². The Labute approximate surface area is 809 Å². The van der Waals surface area contributed by atoms with E-state index < -0.39 is 458 Å². The highest BCUT2D eigenvalue weighted by Crippen LogP contribution is 2.43. The summed E-state index contributed by atoms with van der Waals surface area (Å²) in [6, 6.07) is -8.28. The van der Waals surface area contributed by atoms with Crippen molar-refractivity contribution < 1.29 is 292 Å². The Kier molecular flexibility index (Phi) is 41.8. The molecule has 4 amide bonds. The van der Waals surface area contributed by atoms with Crippen molar-refractivity contribution in [2.24, 2.45) is 0 Å². The molecule has 60 atom stereocenters. The summed E-state index contributed by atoms with van der Waals surface area (Å²) in [6.07, 6.45) is -119. The van der Waals surface area contributed by atoms with Crippen molar-refractivity contribution in [3.05, 3.63) is 0 Å². The Morgan fingerprint density at radius 1 is 0.196 bits per heavy atom. The molecule has 0 radical (unpaired) electrons. The number of nitrogens with one attached hydrogen (secondary N) is 4. The minimum atomic E-state index is -2.72. The fourth-order valence-corrected chi connectivity index (χ4v) is 18.7. The second kappa shape index (κ2) is 51.0. The lowest BCUT2D eigenvalue weighted by molar-refractivity contribution is -0.396. The molecule has 0 aromatic rings. The maximum Gasteiger partial charge on any atom is 0.217 e. The van der Waals surface area contributed by atoms with E-state index in [1.165, 1.54) is 13.8 Å². The summed E-state index contributed by atoms with van der Waals surface area (Å²) in [7, 11) is 0. The smallest absolute Gasteiger partial charge is 0.217 e. The summed E-state index contributed by atoms with van der Waals surface area (Å²) in [5.41, 5.74) is 0. The van der Waals surface area contributed by atoms with Gasteiger partial charge in [0.1, 0.15) is 281 Å². The molecule has 12 saturated heterocycles. The largest absolute Gasteiger partial charge is 0.394 e. The quantitative estimate of drug-likeness (QED) is 0.0277. The molecule has 63 nitrogen and oxygen atoms in total. The second-order valence-corrected chi connectivity index (χ2v) is 36.6. The van der Waals surface area contributed by atoms with E-state index in [2.05, 4.69) is 21.3 Å². The molecule has 0 spiro atoms. The third-order valence-electron chi connectivity index (χ3n) is 26.6. The monoisotopic (exact) mass is 2090 g/mol. The molecule has 36 N–H and O–H groups in total. The van der Waals surface area contributed by atoms with E-state index in [4.69, 9.17) is 109 Å². The highest BCUT2D eigenvalue weighted by atomic mass is 16.8. The minimum Gasteiger partial charge on any atom is -0.394 e. The molecule has 143 heavy (non-hydrogen) atoms. The number of hydrogen-bond acceptors (Lipinski definition) is 59. The Morgan fingerprint density at radius 2 is 0.420 bits per heavy atom. The molecule has 0 aromatic carbocycles. The molecule has 12 heterocycles. The van der Waals surface area contributed by atoms with Gasteiger partial charge in [0.15, 0.2) is 75.5 Å². The standard InChI is InChI=1S/C80H134N4O59/c1-17-37(97)46(106)53(113)74(123-17)138-63-29(13-91)130-71(35(83-21(5)95)65(63)140-77-56(116)49(109)40(100)24(8-86)127-77)122-16-32-43(103)68(143-73-36(84-22(6)96)66(141-78-57(117)50(110)41(101)25(9-87)128-78)64(30(14-92)132-73)139-75-54(114)47(107)38(98)18(2)124-75)59(119)79(133-32)136-61-28(12-90)131-72(34(45(61)105)82-20(4)94)142-67-42(102)31(134-80(58(67)118)137-62-26(10-88)125-69(120)52(112)51(62)111)15-121-70-33(81-19(3)93)44(104)60(27(11-89)129-70)135-76-55(115)48(108)39(99)23(7-85)126-76/h17-18,23-80,85-92,97-120H,7-16H2,1-6H3,(H,81,93)(H,82,94)(H,83,95)(H,84,96)/t17-,18-,23+,24+,25+,26+,27+,28+,29+,30+,31+,32+,33+,34+,35+,36+,37+,38+,39-,40-,41-,42-,43-,44+,45+,46+,47+,48-,49-,50-,51+,52+,53-,54-,55+,56+,57+,58+,59+,60+,61+,62+,63+,64+,65+,66+,67-,68-,69?,70+,71+,72-,73-,74-,75-,76-,77-,78-,79-,80-/m0/s1. The Hall–Kier alpha value is -4.32. The van der Waals surface area contributed by atoms with Gasteiger partial charge in [-0.15, -0.1) is 0 Å². The fourth-order valence-electron chi connectivity index (χ4n) is 18.7. The van der Waals surface area contributed by atoms with Crippen LogP contribution in [0.2, 0.25) is 0 Å². The molecule has 0 aromatic heterocycles. The van der Waals surface area contributed by atoms with Gasteiger partial charge in [-0.25, -0.2) is 0 Å². The SMILES string of the molecule is CC(=O)N[C@H]1[C@H](OC[C@H]2O[C@@H](O[C@H]3[C@H](O)[C@@H](O)C(O)O[C@@H]3CO)[C@H](O)[C@@H](O[C@@H]3O[C@H](CO)[C@@H](O[C@@H]4O[C@H](CO[C@@H]5O[C@H](CO)[C@@H](O[C@@H]6O[C@@H](C)[C@@H](O)[C@@H](O)[C@@H]6O)[C@H](O[C@@H]6O[C@H](CO)[C@H](O)[C@H](O)[C@H]6O)[C@H]5NC(C)=O)[C@H](O)[C@H](O[C@@H]5O[C@H](CO)[C@@H](O[C@@H]6O[C@@H](C)[C@@H](O)[C@@H](O)[C@@H]6O)[C@H](O[C@@H]6O[C@H](CO)[C@H](O)[C@H](O)[C@H]6O)[C@H]5NC(C)=O)[C@H]4O)[C@H](O)[C@H]3NC(C)=O)[C@H]2O)O[C@H](CO)[C@@H](O[C@@H]2O[C@H](CO)[C@H](O)[C@H](O)[C@H]2O)[C@@H]1O. The predicted molar refractivity (Wildman–Crippen MR) is 439 cm³/mol. The van der Waals surface area contributed by atoms with Gasteiger partial charge in [-0.1, -0.05) is 0 Å². The van der Waals surface area contributed by atoms with E-state index in [0.29, 0.717) is 0 Å². The maximum atomic E-state index is 13.8. The molecule has 12 fully saturated rings. The van der Waals surface area contributed by atoms with Crippen molar-refractivity contribution in [2.45, 2.75) is 410 Å². The first-order valence-electron chi connectivity index (χ1n) is 45.9. The highest BCUT2D eigenvalue weighted by Gasteiger charge is 2.64. The minimum absolute atomic E-state index is 0.846. The molecular weight excluding hydrogens is 1960 g/mol. The maximum absolute atomic E-state index is 13.8. The van der Waals surface area contributed by atoms with Gasteiger partial charge >= 0.3 is 0 Å². The van der Waals surface area contributed by atoms with Crippen molar-refractivity contribution in [1.82, 2.24) is 21.3 Å². The molecular formula is C80H134N4O59. The van der Waals surface area contributed by atoms with Gasteiger partial charge in [-0.05, 0) is 13.8 Å². The molecule has 63 heteroatoms. The molecule has 1 unspecified atom stereocenters. The lowest BCUT2D eigenvalue weighted by Gasteiger charge is -2.52. The highest BCUT2D eigenvalue weighted by molar-refractivity contribution is 5.74. The number of carbonyl (C=O) groups is 4. The third-order valence-corrected chi connectivity index (χ3v) is 26.6. The molecule has 0 aliphatic carbocycles. The lowest BCUT2D eigenvalue weighted by atomic mass is 9.93. The average molecular weight is 2100 g/mol. The molecule has 12 aliphatic heterocycles. The van der Waals surface area contributed by atoms with Gasteiger partial charge in [0, 0.05) is 27.7 Å². The first-order valence-corrected chi connectivity index (χ1v) is 45.9. The van der Waals surface area contributed by atoms with Gasteiger partial charge in [-0.2, -0.15) is 0 Å². The van der Waals surface area contributed by atoms with Crippen LogP contribution in [0.25, 0.3) is 0 Å². The molecule has 0 bridgehead atoms. The number of amides is 4. The van der Waals surface area contributed by atoms with Crippen molar-refractivity contribution in [2.75, 3.05) is 66.1 Å². The van der Waals surface area contributed by atoms with E-state index >= 15 is 0 Å².